The van der Waals surface area contributed by atoms with Crippen molar-refractivity contribution >= 4 is 22.6 Å². The highest BCUT2D eigenvalue weighted by Gasteiger charge is 2.13. The van der Waals surface area contributed by atoms with Gasteiger partial charge in [0.05, 0.1) is 12.1 Å². The minimum Gasteiger partial charge on any atom is -0.475 e. The average Bonchev–Trinajstić information content (AvgIpc) is 3.00. The fourth-order valence-corrected chi connectivity index (χ4v) is 2.64. The van der Waals surface area contributed by atoms with Crippen LogP contribution >= 0.6 is 0 Å². The van der Waals surface area contributed by atoms with Crippen LogP contribution in [0.5, 0.6) is 5.88 Å². The van der Waals surface area contributed by atoms with E-state index in [9.17, 15) is 4.79 Å². The predicted molar refractivity (Wildman–Crippen MR) is 97.7 cm³/mol. The Bertz CT molecular complexity index is 922. The molecule has 0 fully saturated rings. The Balaban J connectivity index is 2.03. The van der Waals surface area contributed by atoms with Gasteiger partial charge in [-0.2, -0.15) is 4.98 Å². The third-order valence-electron chi connectivity index (χ3n) is 3.83. The maximum Gasteiger partial charge on any atom is 0.237 e. The summed E-state index contributed by atoms with van der Waals surface area (Å²) < 4.78 is 12.4. The van der Waals surface area contributed by atoms with Gasteiger partial charge in [-0.3, -0.25) is 9.36 Å². The summed E-state index contributed by atoms with van der Waals surface area (Å²) >= 11 is 0. The molecule has 1 amide bonds. The second-order valence-electron chi connectivity index (χ2n) is 5.68. The molecule has 0 bridgehead atoms. The lowest BCUT2D eigenvalue weighted by atomic mass is 10.2. The number of anilines is 1. The smallest absolute Gasteiger partial charge is 0.237 e. The number of hydrogen-bond acceptors (Lipinski definition) is 6. The highest BCUT2D eigenvalue weighted by molar-refractivity contribution is 5.92. The number of aryl methyl sites for hydroxylation is 1. The molecule has 8 heteroatoms. The molecule has 0 unspecified atom stereocenters. The molecule has 3 aromatic heterocycles. The zero-order valence-corrected chi connectivity index (χ0v) is 15.0. The number of fused-ring (bicyclic) bond motifs is 1. The van der Waals surface area contributed by atoms with E-state index in [1.165, 1.54) is 6.92 Å². The molecule has 0 aromatic carbocycles. The van der Waals surface area contributed by atoms with Crippen molar-refractivity contribution in [3.05, 3.63) is 36.3 Å². The van der Waals surface area contributed by atoms with E-state index in [1.807, 2.05) is 16.8 Å². The second kappa shape index (κ2) is 7.92. The summed E-state index contributed by atoms with van der Waals surface area (Å²) in [5.41, 5.74) is 1.99. The molecule has 3 aromatic rings. The van der Waals surface area contributed by atoms with Gasteiger partial charge in [0.15, 0.2) is 0 Å². The molecule has 0 aliphatic heterocycles. The maximum absolute atomic E-state index is 11.3. The predicted octanol–water partition coefficient (Wildman–Crippen LogP) is 2.36. The van der Waals surface area contributed by atoms with Crippen molar-refractivity contribution in [1.82, 2.24) is 19.5 Å². The summed E-state index contributed by atoms with van der Waals surface area (Å²) in [7, 11) is 1.62. The van der Waals surface area contributed by atoms with Gasteiger partial charge in [-0.05, 0) is 12.0 Å². The summed E-state index contributed by atoms with van der Waals surface area (Å²) in [6.07, 6.45) is 6.24. The van der Waals surface area contributed by atoms with Crippen molar-refractivity contribution in [1.29, 1.82) is 0 Å². The zero-order chi connectivity index (χ0) is 18.5. The van der Waals surface area contributed by atoms with Crippen molar-refractivity contribution < 1.29 is 14.3 Å². The monoisotopic (exact) mass is 355 g/mol. The summed E-state index contributed by atoms with van der Waals surface area (Å²) in [6, 6.07) is 3.52. The first-order valence-corrected chi connectivity index (χ1v) is 8.35. The molecule has 0 spiro atoms. The summed E-state index contributed by atoms with van der Waals surface area (Å²) in [4.78, 5) is 24.5. The van der Waals surface area contributed by atoms with E-state index in [4.69, 9.17) is 9.47 Å². The van der Waals surface area contributed by atoms with E-state index in [-0.39, 0.29) is 5.91 Å². The van der Waals surface area contributed by atoms with Gasteiger partial charge in [-0.1, -0.05) is 6.92 Å². The van der Waals surface area contributed by atoms with Gasteiger partial charge in [0, 0.05) is 50.1 Å². The Kier molecular flexibility index (Phi) is 5.43. The molecule has 0 saturated heterocycles. The largest absolute Gasteiger partial charge is 0.475 e. The van der Waals surface area contributed by atoms with Crippen LogP contribution in [-0.4, -0.2) is 45.7 Å². The topological polar surface area (TPSA) is 91.2 Å². The van der Waals surface area contributed by atoms with Crippen LogP contribution in [0.3, 0.4) is 0 Å². The van der Waals surface area contributed by atoms with E-state index in [2.05, 4.69) is 27.2 Å². The van der Waals surface area contributed by atoms with Crippen LogP contribution in [0, 0.1) is 0 Å². The Hall–Kier alpha value is -3.00. The number of pyridine rings is 1. The highest BCUT2D eigenvalue weighted by Crippen LogP contribution is 2.26. The van der Waals surface area contributed by atoms with E-state index >= 15 is 0 Å². The second-order valence-corrected chi connectivity index (χ2v) is 5.68. The fraction of sp³-hybridized carbons (Fsp3) is 0.333. The van der Waals surface area contributed by atoms with Crippen LogP contribution in [0.25, 0.3) is 16.9 Å². The molecule has 3 heterocycles. The molecule has 0 aliphatic carbocycles. The van der Waals surface area contributed by atoms with E-state index < -0.39 is 0 Å². The van der Waals surface area contributed by atoms with Crippen molar-refractivity contribution in [3.8, 4) is 11.8 Å². The highest BCUT2D eigenvalue weighted by atomic mass is 16.5. The average molecular weight is 355 g/mol. The summed E-state index contributed by atoms with van der Waals surface area (Å²) in [5.74, 6) is 1.28. The van der Waals surface area contributed by atoms with Crippen LogP contribution < -0.4 is 10.1 Å². The molecule has 0 radical (unpaired) electrons. The van der Waals surface area contributed by atoms with Crippen LogP contribution in [0.1, 0.15) is 19.4 Å². The van der Waals surface area contributed by atoms with E-state index in [1.54, 1.807) is 25.6 Å². The van der Waals surface area contributed by atoms with Crippen molar-refractivity contribution in [2.75, 3.05) is 25.6 Å². The maximum atomic E-state index is 11.3. The molecule has 3 rings (SSSR count). The number of methoxy groups -OCH3 is 1. The number of nitrogens with one attached hydrogen (secondary N) is 1. The van der Waals surface area contributed by atoms with Crippen molar-refractivity contribution in [2.45, 2.75) is 20.3 Å². The lowest BCUT2D eigenvalue weighted by Crippen LogP contribution is -2.08. The Morgan fingerprint density at radius 2 is 2.15 bits per heavy atom. The SMILES string of the molecule is CCc1cn(-c2nccc(OCCOC)n2)c2cc(NC(C)=O)ncc12. The minimum absolute atomic E-state index is 0.171. The van der Waals surface area contributed by atoms with Crippen molar-refractivity contribution in [2.24, 2.45) is 0 Å². The van der Waals surface area contributed by atoms with E-state index in [0.29, 0.717) is 30.9 Å². The number of aromatic nitrogens is 4. The number of carbonyl (C=O) groups is 1. The molecule has 0 atom stereocenters. The first kappa shape index (κ1) is 17.8. The Morgan fingerprint density at radius 3 is 2.88 bits per heavy atom. The Morgan fingerprint density at radius 1 is 1.31 bits per heavy atom. The minimum atomic E-state index is -0.171. The normalized spacial score (nSPS) is 10.9. The number of ether oxygens (including phenoxy) is 2. The Labute approximate surface area is 151 Å². The first-order chi connectivity index (χ1) is 12.6. The number of hydrogen-bond donors (Lipinski definition) is 1. The zero-order valence-electron chi connectivity index (χ0n) is 15.0. The number of carbonyl (C=O) groups excluding carboxylic acids is 1. The molecule has 1 N–H and O–H groups in total. The molecular weight excluding hydrogens is 334 g/mol. The third-order valence-corrected chi connectivity index (χ3v) is 3.83. The van der Waals surface area contributed by atoms with Gasteiger partial charge >= 0.3 is 0 Å². The molecule has 0 saturated carbocycles. The lowest BCUT2D eigenvalue weighted by molar-refractivity contribution is -0.114. The summed E-state index contributed by atoms with van der Waals surface area (Å²) in [5, 5.41) is 3.70. The standard InChI is InChI=1S/C18H21N5O3/c1-4-13-11-23(15-9-16(21-12(2)24)20-10-14(13)15)18-19-6-5-17(22-18)26-8-7-25-3/h5-6,9-11H,4,7-8H2,1-3H3,(H,20,21,24). The van der Waals surface area contributed by atoms with Gasteiger partial charge in [-0.15, -0.1) is 0 Å². The van der Waals surface area contributed by atoms with Gasteiger partial charge in [0.1, 0.15) is 12.4 Å². The number of rotatable bonds is 7. The molecule has 136 valence electrons. The number of amides is 1. The van der Waals surface area contributed by atoms with Crippen LogP contribution in [0.4, 0.5) is 5.82 Å². The first-order valence-electron chi connectivity index (χ1n) is 8.35. The van der Waals surface area contributed by atoms with E-state index in [0.717, 1.165) is 22.9 Å². The molecule has 26 heavy (non-hydrogen) atoms. The van der Waals surface area contributed by atoms with Gasteiger partial charge < -0.3 is 14.8 Å². The molecular formula is C18H21N5O3. The van der Waals surface area contributed by atoms with Crippen molar-refractivity contribution in [3.63, 3.8) is 0 Å². The summed E-state index contributed by atoms with van der Waals surface area (Å²) in [6.45, 7) is 4.42. The fourth-order valence-electron chi connectivity index (χ4n) is 2.64. The lowest BCUT2D eigenvalue weighted by Gasteiger charge is -2.08. The van der Waals surface area contributed by atoms with Crippen LogP contribution in [-0.2, 0) is 16.0 Å². The third kappa shape index (κ3) is 3.80. The number of nitrogens with zero attached hydrogens (tertiary/aromatic N) is 4. The van der Waals surface area contributed by atoms with Crippen LogP contribution in [0.15, 0.2) is 30.7 Å². The van der Waals surface area contributed by atoms with Gasteiger partial charge in [0.2, 0.25) is 17.7 Å². The van der Waals surface area contributed by atoms with Gasteiger partial charge in [0.25, 0.3) is 0 Å². The molecule has 0 aliphatic rings. The van der Waals surface area contributed by atoms with Gasteiger partial charge in [-0.25, -0.2) is 9.97 Å². The van der Waals surface area contributed by atoms with Crippen LogP contribution in [0.2, 0.25) is 0 Å². The quantitative estimate of drug-likeness (QED) is 0.654. The molecule has 8 nitrogen and oxygen atoms in total.